The molecule has 0 bridgehead atoms. The van der Waals surface area contributed by atoms with Crippen LogP contribution in [0.25, 0.3) is 0 Å². The lowest BCUT2D eigenvalue weighted by atomic mass is 10.2. The van der Waals surface area contributed by atoms with Crippen LogP contribution < -0.4 is 10.6 Å². The topological polar surface area (TPSA) is 48.9 Å². The predicted molar refractivity (Wildman–Crippen MR) is 80.8 cm³/mol. The highest BCUT2D eigenvalue weighted by Gasteiger charge is 2.08. The van der Waals surface area contributed by atoms with E-state index in [0.29, 0.717) is 0 Å². The highest BCUT2D eigenvalue weighted by Crippen LogP contribution is 1.99. The molecule has 0 saturated carbocycles. The SMILES string of the molecule is CCCCNC(=NC)NCCCCN1CCOCC1. The van der Waals surface area contributed by atoms with E-state index in [9.17, 15) is 0 Å². The Bertz CT molecular complexity index is 240. The third-order valence-corrected chi connectivity index (χ3v) is 3.34. The van der Waals surface area contributed by atoms with E-state index in [1.54, 1.807) is 0 Å². The number of nitrogens with one attached hydrogen (secondary N) is 2. The Labute approximate surface area is 117 Å². The summed E-state index contributed by atoms with van der Waals surface area (Å²) in [5.41, 5.74) is 0. The summed E-state index contributed by atoms with van der Waals surface area (Å²) in [6.07, 6.45) is 4.83. The second kappa shape index (κ2) is 11.1. The van der Waals surface area contributed by atoms with Gasteiger partial charge in [-0.15, -0.1) is 0 Å². The van der Waals surface area contributed by atoms with Gasteiger partial charge in [-0.2, -0.15) is 0 Å². The van der Waals surface area contributed by atoms with Gasteiger partial charge in [0.1, 0.15) is 0 Å². The Morgan fingerprint density at radius 3 is 2.42 bits per heavy atom. The van der Waals surface area contributed by atoms with Crippen molar-refractivity contribution in [2.24, 2.45) is 4.99 Å². The van der Waals surface area contributed by atoms with Crippen LogP contribution in [0.5, 0.6) is 0 Å². The van der Waals surface area contributed by atoms with Crippen molar-refractivity contribution in [3.05, 3.63) is 0 Å². The molecule has 0 aromatic carbocycles. The zero-order chi connectivity index (χ0) is 13.8. The normalized spacial score (nSPS) is 17.5. The number of hydrogen-bond donors (Lipinski definition) is 2. The largest absolute Gasteiger partial charge is 0.379 e. The maximum Gasteiger partial charge on any atom is 0.190 e. The van der Waals surface area contributed by atoms with Crippen molar-refractivity contribution in [3.63, 3.8) is 0 Å². The Morgan fingerprint density at radius 2 is 1.79 bits per heavy atom. The Morgan fingerprint density at radius 1 is 1.11 bits per heavy atom. The lowest BCUT2D eigenvalue weighted by Crippen LogP contribution is -2.39. The molecule has 0 aliphatic carbocycles. The summed E-state index contributed by atoms with van der Waals surface area (Å²) in [5.74, 6) is 0.930. The van der Waals surface area contributed by atoms with Crippen LogP contribution in [0, 0.1) is 0 Å². The van der Waals surface area contributed by atoms with Crippen LogP contribution in [-0.4, -0.2) is 63.8 Å². The Hall–Kier alpha value is -0.810. The molecular weight excluding hydrogens is 240 g/mol. The van der Waals surface area contributed by atoms with Gasteiger partial charge in [0.05, 0.1) is 13.2 Å². The number of ether oxygens (including phenoxy) is 1. The first kappa shape index (κ1) is 16.2. The minimum Gasteiger partial charge on any atom is -0.379 e. The average molecular weight is 270 g/mol. The van der Waals surface area contributed by atoms with E-state index in [-0.39, 0.29) is 0 Å². The molecule has 0 spiro atoms. The molecule has 2 N–H and O–H groups in total. The van der Waals surface area contributed by atoms with Gasteiger partial charge in [0, 0.05) is 33.2 Å². The lowest BCUT2D eigenvalue weighted by Gasteiger charge is -2.26. The molecule has 0 aromatic rings. The predicted octanol–water partition coefficient (Wildman–Crippen LogP) is 1.06. The van der Waals surface area contributed by atoms with Gasteiger partial charge >= 0.3 is 0 Å². The van der Waals surface area contributed by atoms with Crippen LogP contribution in [0.4, 0.5) is 0 Å². The molecule has 112 valence electrons. The number of unbranched alkanes of at least 4 members (excludes halogenated alkanes) is 2. The molecule has 0 radical (unpaired) electrons. The fraction of sp³-hybridized carbons (Fsp3) is 0.929. The van der Waals surface area contributed by atoms with Gasteiger partial charge in [0.15, 0.2) is 5.96 Å². The highest BCUT2D eigenvalue weighted by atomic mass is 16.5. The van der Waals surface area contributed by atoms with E-state index in [2.05, 4.69) is 27.4 Å². The summed E-state index contributed by atoms with van der Waals surface area (Å²) < 4.78 is 5.34. The molecule has 0 atom stereocenters. The van der Waals surface area contributed by atoms with Crippen LogP contribution in [0.15, 0.2) is 4.99 Å². The van der Waals surface area contributed by atoms with E-state index in [1.807, 2.05) is 7.05 Å². The van der Waals surface area contributed by atoms with Crippen molar-refractivity contribution in [1.82, 2.24) is 15.5 Å². The second-order valence-electron chi connectivity index (χ2n) is 4.94. The molecular formula is C14H30N4O. The molecule has 1 fully saturated rings. The molecule has 5 heteroatoms. The summed E-state index contributed by atoms with van der Waals surface area (Å²) in [5, 5.41) is 6.68. The molecule has 1 saturated heterocycles. The molecule has 5 nitrogen and oxygen atoms in total. The monoisotopic (exact) mass is 270 g/mol. The zero-order valence-electron chi connectivity index (χ0n) is 12.6. The van der Waals surface area contributed by atoms with Crippen molar-refractivity contribution in [2.45, 2.75) is 32.6 Å². The first-order valence-electron chi connectivity index (χ1n) is 7.61. The molecule has 1 rings (SSSR count). The molecule has 0 aromatic heterocycles. The number of nitrogens with zero attached hydrogens (tertiary/aromatic N) is 2. The van der Waals surface area contributed by atoms with Gasteiger partial charge in [-0.3, -0.25) is 9.89 Å². The van der Waals surface area contributed by atoms with Crippen LogP contribution in [-0.2, 0) is 4.74 Å². The zero-order valence-corrected chi connectivity index (χ0v) is 12.6. The molecule has 1 aliphatic heterocycles. The molecule has 0 unspecified atom stereocenters. The molecule has 0 amide bonds. The van der Waals surface area contributed by atoms with E-state index < -0.39 is 0 Å². The maximum absolute atomic E-state index is 5.34. The van der Waals surface area contributed by atoms with Crippen molar-refractivity contribution in [2.75, 3.05) is 53.0 Å². The summed E-state index contributed by atoms with van der Waals surface area (Å²) in [6.45, 7) is 9.36. The average Bonchev–Trinajstić information content (AvgIpc) is 2.46. The summed E-state index contributed by atoms with van der Waals surface area (Å²) in [7, 11) is 1.83. The number of hydrogen-bond acceptors (Lipinski definition) is 3. The third kappa shape index (κ3) is 8.06. The highest BCUT2D eigenvalue weighted by molar-refractivity contribution is 5.79. The van der Waals surface area contributed by atoms with Gasteiger partial charge < -0.3 is 15.4 Å². The molecule has 19 heavy (non-hydrogen) atoms. The van der Waals surface area contributed by atoms with Crippen LogP contribution in [0.1, 0.15) is 32.6 Å². The van der Waals surface area contributed by atoms with Crippen molar-refractivity contribution >= 4 is 5.96 Å². The minimum atomic E-state index is 0.895. The number of morpholine rings is 1. The first-order valence-corrected chi connectivity index (χ1v) is 7.61. The van der Waals surface area contributed by atoms with Gasteiger partial charge in [0.25, 0.3) is 0 Å². The Balaban J connectivity index is 1.96. The van der Waals surface area contributed by atoms with E-state index in [1.165, 1.54) is 32.2 Å². The second-order valence-corrected chi connectivity index (χ2v) is 4.94. The van der Waals surface area contributed by atoms with Crippen molar-refractivity contribution < 1.29 is 4.74 Å². The minimum absolute atomic E-state index is 0.895. The van der Waals surface area contributed by atoms with Crippen LogP contribution in [0.2, 0.25) is 0 Å². The lowest BCUT2D eigenvalue weighted by molar-refractivity contribution is 0.0372. The molecule has 1 aliphatic rings. The van der Waals surface area contributed by atoms with Crippen molar-refractivity contribution in [1.29, 1.82) is 0 Å². The van der Waals surface area contributed by atoms with Gasteiger partial charge in [0.2, 0.25) is 0 Å². The van der Waals surface area contributed by atoms with Gasteiger partial charge in [-0.25, -0.2) is 0 Å². The van der Waals surface area contributed by atoms with Crippen LogP contribution in [0.3, 0.4) is 0 Å². The summed E-state index contributed by atoms with van der Waals surface area (Å²) in [4.78, 5) is 6.70. The van der Waals surface area contributed by atoms with Crippen molar-refractivity contribution in [3.8, 4) is 0 Å². The fourth-order valence-corrected chi connectivity index (χ4v) is 2.10. The quantitative estimate of drug-likeness (QED) is 0.393. The molecule has 1 heterocycles. The van der Waals surface area contributed by atoms with E-state index in [0.717, 1.165) is 45.4 Å². The number of rotatable bonds is 8. The number of aliphatic imine (C=N–C) groups is 1. The van der Waals surface area contributed by atoms with Crippen LogP contribution >= 0.6 is 0 Å². The standard InChI is InChI=1S/C14H30N4O/c1-3-4-7-16-14(15-2)17-8-5-6-9-18-10-12-19-13-11-18/h3-13H2,1-2H3,(H2,15,16,17). The maximum atomic E-state index is 5.34. The Kier molecular flexibility index (Phi) is 9.45. The third-order valence-electron chi connectivity index (χ3n) is 3.34. The number of guanidine groups is 1. The first-order chi connectivity index (χ1) is 9.36. The van der Waals surface area contributed by atoms with E-state index >= 15 is 0 Å². The van der Waals surface area contributed by atoms with Gasteiger partial charge in [-0.1, -0.05) is 13.3 Å². The van der Waals surface area contributed by atoms with E-state index in [4.69, 9.17) is 4.74 Å². The van der Waals surface area contributed by atoms with Gasteiger partial charge in [-0.05, 0) is 25.8 Å². The summed E-state index contributed by atoms with van der Waals surface area (Å²) in [6, 6.07) is 0. The summed E-state index contributed by atoms with van der Waals surface area (Å²) >= 11 is 0. The smallest absolute Gasteiger partial charge is 0.190 e. The fourth-order valence-electron chi connectivity index (χ4n) is 2.10.